The zero-order chi connectivity index (χ0) is 13.4. The summed E-state index contributed by atoms with van der Waals surface area (Å²) >= 11 is 0. The fourth-order valence-corrected chi connectivity index (χ4v) is 2.14. The van der Waals surface area contributed by atoms with Crippen LogP contribution in [0.15, 0.2) is 42.5 Å². The van der Waals surface area contributed by atoms with Gasteiger partial charge in [-0.15, -0.1) is 0 Å². The molecule has 1 aliphatic rings. The monoisotopic (exact) mass is 255 g/mol. The van der Waals surface area contributed by atoms with Gasteiger partial charge < -0.3 is 9.94 Å². The lowest BCUT2D eigenvalue weighted by Gasteiger charge is -2.10. The van der Waals surface area contributed by atoms with Crippen molar-refractivity contribution in [2.45, 2.75) is 0 Å². The van der Waals surface area contributed by atoms with Crippen molar-refractivity contribution in [1.29, 1.82) is 0 Å². The van der Waals surface area contributed by atoms with Crippen molar-refractivity contribution < 1.29 is 19.5 Å². The van der Waals surface area contributed by atoms with E-state index in [1.807, 2.05) is 0 Å². The first-order valence-corrected chi connectivity index (χ1v) is 5.61. The standard InChI is InChI=1S/C14H9NO4/c16-13(17)10-6-3-7-11-12(10)8-4-1-2-5-9(8)14(18)19-15-11/h1-7,15H,(H,16,17). The highest BCUT2D eigenvalue weighted by Gasteiger charge is 2.25. The van der Waals surface area contributed by atoms with Crippen molar-refractivity contribution in [3.63, 3.8) is 0 Å². The number of carbonyl (C=O) groups is 2. The van der Waals surface area contributed by atoms with Gasteiger partial charge in [0.2, 0.25) is 0 Å². The van der Waals surface area contributed by atoms with Crippen molar-refractivity contribution >= 4 is 17.6 Å². The molecule has 0 aromatic heterocycles. The Kier molecular flexibility index (Phi) is 2.45. The molecule has 0 atom stereocenters. The molecule has 0 unspecified atom stereocenters. The zero-order valence-electron chi connectivity index (χ0n) is 9.71. The molecule has 0 saturated heterocycles. The third-order valence-electron chi connectivity index (χ3n) is 2.96. The van der Waals surface area contributed by atoms with Gasteiger partial charge in [0.25, 0.3) is 0 Å². The molecular weight excluding hydrogens is 246 g/mol. The first kappa shape index (κ1) is 11.3. The summed E-state index contributed by atoms with van der Waals surface area (Å²) in [5, 5.41) is 9.27. The van der Waals surface area contributed by atoms with Gasteiger partial charge in [-0.25, -0.2) is 15.1 Å². The predicted octanol–water partition coefficient (Wildman–Crippen LogP) is 2.55. The van der Waals surface area contributed by atoms with E-state index in [0.29, 0.717) is 22.4 Å². The molecule has 94 valence electrons. The second kappa shape index (κ2) is 4.13. The summed E-state index contributed by atoms with van der Waals surface area (Å²) in [6.45, 7) is 0. The molecule has 0 saturated carbocycles. The van der Waals surface area contributed by atoms with Gasteiger partial charge in [0.05, 0.1) is 16.8 Å². The largest absolute Gasteiger partial charge is 0.478 e. The predicted molar refractivity (Wildman–Crippen MR) is 67.9 cm³/mol. The molecule has 5 heteroatoms. The Morgan fingerprint density at radius 1 is 1.05 bits per heavy atom. The van der Waals surface area contributed by atoms with Crippen LogP contribution < -0.4 is 5.48 Å². The van der Waals surface area contributed by atoms with Crippen LogP contribution in [-0.2, 0) is 4.84 Å². The number of rotatable bonds is 1. The summed E-state index contributed by atoms with van der Waals surface area (Å²) in [6.07, 6.45) is 0. The molecule has 0 spiro atoms. The Morgan fingerprint density at radius 3 is 2.53 bits per heavy atom. The van der Waals surface area contributed by atoms with E-state index in [2.05, 4.69) is 5.48 Å². The number of aromatic carboxylic acids is 1. The average Bonchev–Trinajstić information content (AvgIpc) is 2.57. The number of hydrogen-bond acceptors (Lipinski definition) is 4. The van der Waals surface area contributed by atoms with Gasteiger partial charge in [-0.3, -0.25) is 0 Å². The van der Waals surface area contributed by atoms with Crippen LogP contribution in [0.4, 0.5) is 5.69 Å². The molecular formula is C14H9NO4. The topological polar surface area (TPSA) is 75.6 Å². The first-order valence-electron chi connectivity index (χ1n) is 5.61. The molecule has 0 fully saturated rings. The Bertz CT molecular complexity index is 694. The minimum Gasteiger partial charge on any atom is -0.478 e. The Hall–Kier alpha value is -2.82. The van der Waals surface area contributed by atoms with Gasteiger partial charge in [0.15, 0.2) is 0 Å². The maximum Gasteiger partial charge on any atom is 0.363 e. The van der Waals surface area contributed by atoms with Crippen LogP contribution in [0.1, 0.15) is 20.7 Å². The first-order chi connectivity index (χ1) is 9.18. The number of anilines is 1. The Balaban J connectivity index is 2.38. The second-order valence-corrected chi connectivity index (χ2v) is 4.07. The summed E-state index contributed by atoms with van der Waals surface area (Å²) in [5.41, 5.74) is 4.42. The third kappa shape index (κ3) is 1.72. The highest BCUT2D eigenvalue weighted by atomic mass is 16.7. The summed E-state index contributed by atoms with van der Waals surface area (Å²) in [6, 6.07) is 11.5. The van der Waals surface area contributed by atoms with Crippen molar-refractivity contribution in [2.24, 2.45) is 0 Å². The third-order valence-corrected chi connectivity index (χ3v) is 2.96. The van der Waals surface area contributed by atoms with Gasteiger partial charge in [-0.05, 0) is 23.8 Å². The number of benzene rings is 2. The highest BCUT2D eigenvalue weighted by molar-refractivity contribution is 6.07. The molecule has 2 aromatic carbocycles. The van der Waals surface area contributed by atoms with Crippen LogP contribution >= 0.6 is 0 Å². The summed E-state index contributed by atoms with van der Waals surface area (Å²) < 4.78 is 0. The van der Waals surface area contributed by atoms with Crippen molar-refractivity contribution in [3.8, 4) is 11.1 Å². The molecule has 2 N–H and O–H groups in total. The smallest absolute Gasteiger partial charge is 0.363 e. The minimum atomic E-state index is -1.05. The van der Waals surface area contributed by atoms with Crippen LogP contribution in [-0.4, -0.2) is 17.0 Å². The number of fused-ring (bicyclic) bond motifs is 3. The maximum atomic E-state index is 11.8. The van der Waals surface area contributed by atoms with Gasteiger partial charge in [-0.2, -0.15) is 0 Å². The lowest BCUT2D eigenvalue weighted by atomic mass is 9.94. The van der Waals surface area contributed by atoms with Crippen LogP contribution in [0.2, 0.25) is 0 Å². The second-order valence-electron chi connectivity index (χ2n) is 4.07. The van der Waals surface area contributed by atoms with E-state index >= 15 is 0 Å². The van der Waals surface area contributed by atoms with Gasteiger partial charge in [0.1, 0.15) is 0 Å². The molecule has 0 bridgehead atoms. The lowest BCUT2D eigenvalue weighted by Crippen LogP contribution is -2.08. The van der Waals surface area contributed by atoms with Crippen LogP contribution in [0.3, 0.4) is 0 Å². The number of carbonyl (C=O) groups excluding carboxylic acids is 1. The van der Waals surface area contributed by atoms with E-state index in [-0.39, 0.29) is 5.56 Å². The molecule has 3 rings (SSSR count). The molecule has 2 aromatic rings. The van der Waals surface area contributed by atoms with E-state index < -0.39 is 11.9 Å². The maximum absolute atomic E-state index is 11.8. The Labute approximate surface area is 108 Å². The van der Waals surface area contributed by atoms with Crippen molar-refractivity contribution in [1.82, 2.24) is 0 Å². The molecule has 1 aliphatic heterocycles. The fourth-order valence-electron chi connectivity index (χ4n) is 2.14. The number of nitrogens with one attached hydrogen (secondary N) is 1. The minimum absolute atomic E-state index is 0.121. The van der Waals surface area contributed by atoms with Crippen molar-refractivity contribution in [3.05, 3.63) is 53.6 Å². The lowest BCUT2D eigenvalue weighted by molar-refractivity contribution is 0.0599. The molecule has 1 heterocycles. The SMILES string of the molecule is O=C1ONc2cccc(C(=O)O)c2-c2ccccc21. The summed E-state index contributed by atoms with van der Waals surface area (Å²) in [7, 11) is 0. The normalized spacial score (nSPS) is 12.5. The zero-order valence-corrected chi connectivity index (χ0v) is 9.71. The average molecular weight is 255 g/mol. The summed E-state index contributed by atoms with van der Waals surface area (Å²) in [4.78, 5) is 28.1. The fraction of sp³-hybridized carbons (Fsp3) is 0. The van der Waals surface area contributed by atoms with Gasteiger partial charge >= 0.3 is 11.9 Å². The number of hydrogen-bond donors (Lipinski definition) is 2. The highest BCUT2D eigenvalue weighted by Crippen LogP contribution is 2.36. The van der Waals surface area contributed by atoms with E-state index in [0.717, 1.165) is 0 Å². The number of carboxylic acid groups (broad SMARTS) is 1. The van der Waals surface area contributed by atoms with E-state index in [9.17, 15) is 14.7 Å². The molecule has 0 radical (unpaired) electrons. The van der Waals surface area contributed by atoms with E-state index in [1.165, 1.54) is 6.07 Å². The molecule has 0 amide bonds. The van der Waals surface area contributed by atoms with Crippen LogP contribution in [0.25, 0.3) is 11.1 Å². The van der Waals surface area contributed by atoms with Gasteiger partial charge in [0, 0.05) is 5.56 Å². The number of carboxylic acids is 1. The van der Waals surface area contributed by atoms with Crippen LogP contribution in [0, 0.1) is 0 Å². The molecule has 5 nitrogen and oxygen atoms in total. The molecule has 19 heavy (non-hydrogen) atoms. The van der Waals surface area contributed by atoms with Crippen molar-refractivity contribution in [2.75, 3.05) is 5.48 Å². The summed E-state index contributed by atoms with van der Waals surface area (Å²) in [5.74, 6) is -1.59. The Morgan fingerprint density at radius 2 is 1.79 bits per heavy atom. The van der Waals surface area contributed by atoms with E-state index in [1.54, 1.807) is 36.4 Å². The van der Waals surface area contributed by atoms with Gasteiger partial charge in [-0.1, -0.05) is 24.3 Å². The van der Waals surface area contributed by atoms with Crippen LogP contribution in [0.5, 0.6) is 0 Å². The molecule has 0 aliphatic carbocycles. The van der Waals surface area contributed by atoms with E-state index in [4.69, 9.17) is 4.84 Å². The quantitative estimate of drug-likeness (QED) is 0.819.